The minimum atomic E-state index is -3.67. The summed E-state index contributed by atoms with van der Waals surface area (Å²) in [5.41, 5.74) is 6.26. The Labute approximate surface area is 123 Å². The van der Waals surface area contributed by atoms with E-state index in [0.717, 1.165) is 5.56 Å². The highest BCUT2D eigenvalue weighted by atomic mass is 35.5. The molecule has 1 aliphatic rings. The molecular weight excluding hydrogens is 304 g/mol. The van der Waals surface area contributed by atoms with E-state index in [1.807, 2.05) is 0 Å². The summed E-state index contributed by atoms with van der Waals surface area (Å²) in [7, 11) is -3.67. The van der Waals surface area contributed by atoms with Crippen LogP contribution in [0.3, 0.4) is 0 Å². The summed E-state index contributed by atoms with van der Waals surface area (Å²) in [6.07, 6.45) is -0.277. The minimum Gasteiger partial charge on any atom is -0.376 e. The Hall–Kier alpha value is -0.700. The van der Waals surface area contributed by atoms with Gasteiger partial charge < -0.3 is 15.2 Å². The van der Waals surface area contributed by atoms with Crippen molar-refractivity contribution in [1.82, 2.24) is 4.72 Å². The lowest BCUT2D eigenvalue weighted by Gasteiger charge is -2.23. The van der Waals surface area contributed by atoms with Crippen LogP contribution in [-0.4, -0.2) is 40.9 Å². The van der Waals surface area contributed by atoms with Crippen molar-refractivity contribution in [2.75, 3.05) is 26.4 Å². The van der Waals surface area contributed by atoms with Crippen LogP contribution in [0.4, 0.5) is 0 Å². The highest BCUT2D eigenvalue weighted by molar-refractivity contribution is 7.89. The molecule has 0 amide bonds. The Bertz CT molecular complexity index is 559. The second kappa shape index (κ2) is 6.84. The van der Waals surface area contributed by atoms with Gasteiger partial charge in [0.1, 0.15) is 4.90 Å². The van der Waals surface area contributed by atoms with Gasteiger partial charge in [0.15, 0.2) is 0 Å². The van der Waals surface area contributed by atoms with Crippen molar-refractivity contribution in [1.29, 1.82) is 0 Å². The van der Waals surface area contributed by atoms with Gasteiger partial charge in [0.05, 0.1) is 30.9 Å². The van der Waals surface area contributed by atoms with E-state index >= 15 is 0 Å². The average molecular weight is 321 g/mol. The van der Waals surface area contributed by atoms with Crippen LogP contribution in [0.25, 0.3) is 0 Å². The van der Waals surface area contributed by atoms with Crippen molar-refractivity contribution >= 4 is 21.6 Å². The molecule has 0 aromatic heterocycles. The van der Waals surface area contributed by atoms with E-state index in [4.69, 9.17) is 26.8 Å². The fourth-order valence-corrected chi connectivity index (χ4v) is 3.46. The van der Waals surface area contributed by atoms with E-state index < -0.39 is 10.0 Å². The third kappa shape index (κ3) is 3.91. The minimum absolute atomic E-state index is 0.0353. The summed E-state index contributed by atoms with van der Waals surface area (Å²) in [5, 5.41) is 0.154. The first-order valence-corrected chi connectivity index (χ1v) is 8.06. The molecule has 1 aliphatic heterocycles. The molecule has 0 spiro atoms. The van der Waals surface area contributed by atoms with Crippen LogP contribution in [0.2, 0.25) is 5.02 Å². The smallest absolute Gasteiger partial charge is 0.242 e. The lowest BCUT2D eigenvalue weighted by atomic mass is 10.2. The van der Waals surface area contributed by atoms with Crippen molar-refractivity contribution in [2.24, 2.45) is 5.73 Å². The van der Waals surface area contributed by atoms with Gasteiger partial charge in [-0.1, -0.05) is 17.7 Å². The molecule has 1 saturated heterocycles. The first-order chi connectivity index (χ1) is 9.53. The Kier molecular flexibility index (Phi) is 5.36. The number of sulfonamides is 1. The molecule has 0 saturated carbocycles. The average Bonchev–Trinajstić information content (AvgIpc) is 2.46. The summed E-state index contributed by atoms with van der Waals surface area (Å²) >= 11 is 5.98. The summed E-state index contributed by atoms with van der Waals surface area (Å²) < 4.78 is 37.4. The molecule has 6 nitrogen and oxygen atoms in total. The first-order valence-electron chi connectivity index (χ1n) is 6.20. The number of nitrogens with one attached hydrogen (secondary N) is 1. The summed E-state index contributed by atoms with van der Waals surface area (Å²) in [4.78, 5) is 0.0353. The van der Waals surface area contributed by atoms with Crippen LogP contribution in [-0.2, 0) is 26.0 Å². The molecule has 3 N–H and O–H groups in total. The van der Waals surface area contributed by atoms with Gasteiger partial charge in [-0.3, -0.25) is 0 Å². The fraction of sp³-hybridized carbons (Fsp3) is 0.500. The molecule has 0 bridgehead atoms. The fourth-order valence-electron chi connectivity index (χ4n) is 1.82. The molecule has 1 aromatic carbocycles. The van der Waals surface area contributed by atoms with E-state index in [1.54, 1.807) is 12.1 Å². The topological polar surface area (TPSA) is 90.7 Å². The van der Waals surface area contributed by atoms with E-state index in [-0.39, 0.29) is 22.6 Å². The maximum absolute atomic E-state index is 12.2. The second-order valence-electron chi connectivity index (χ2n) is 4.39. The van der Waals surface area contributed by atoms with Crippen LogP contribution in [0.5, 0.6) is 0 Å². The highest BCUT2D eigenvalue weighted by Crippen LogP contribution is 2.22. The van der Waals surface area contributed by atoms with E-state index in [9.17, 15) is 8.42 Å². The summed E-state index contributed by atoms with van der Waals surface area (Å²) in [6, 6.07) is 4.64. The zero-order valence-electron chi connectivity index (χ0n) is 10.8. The van der Waals surface area contributed by atoms with Gasteiger partial charge in [0.2, 0.25) is 10.0 Å². The first kappa shape index (κ1) is 15.7. The summed E-state index contributed by atoms with van der Waals surface area (Å²) in [5.74, 6) is 0. The zero-order chi connectivity index (χ0) is 14.6. The lowest BCUT2D eigenvalue weighted by molar-refractivity contribution is -0.0846. The largest absolute Gasteiger partial charge is 0.376 e. The van der Waals surface area contributed by atoms with E-state index in [2.05, 4.69) is 4.72 Å². The third-order valence-corrected chi connectivity index (χ3v) is 4.81. The molecule has 20 heavy (non-hydrogen) atoms. The van der Waals surface area contributed by atoms with E-state index in [1.165, 1.54) is 6.07 Å². The maximum atomic E-state index is 12.2. The van der Waals surface area contributed by atoms with Crippen LogP contribution in [0, 0.1) is 0 Å². The number of rotatable bonds is 5. The van der Waals surface area contributed by atoms with Gasteiger partial charge >= 0.3 is 0 Å². The van der Waals surface area contributed by atoms with Gasteiger partial charge in [0.25, 0.3) is 0 Å². The maximum Gasteiger partial charge on any atom is 0.242 e. The van der Waals surface area contributed by atoms with E-state index in [0.29, 0.717) is 26.4 Å². The van der Waals surface area contributed by atoms with Crippen molar-refractivity contribution in [3.63, 3.8) is 0 Å². The van der Waals surface area contributed by atoms with Crippen LogP contribution in [0.15, 0.2) is 23.1 Å². The Morgan fingerprint density at radius 3 is 2.80 bits per heavy atom. The predicted octanol–water partition coefficient (Wildman–Crippen LogP) is 0.492. The Morgan fingerprint density at radius 1 is 1.40 bits per heavy atom. The van der Waals surface area contributed by atoms with Crippen LogP contribution >= 0.6 is 11.6 Å². The molecule has 0 radical (unpaired) electrons. The Balaban J connectivity index is 2.05. The molecule has 8 heteroatoms. The van der Waals surface area contributed by atoms with Gasteiger partial charge in [-0.05, 0) is 17.7 Å². The molecule has 1 heterocycles. The molecule has 1 aromatic rings. The van der Waals surface area contributed by atoms with Gasteiger partial charge in [-0.2, -0.15) is 0 Å². The number of benzene rings is 1. The number of nitrogens with two attached hydrogens (primary N) is 1. The van der Waals surface area contributed by atoms with Crippen molar-refractivity contribution in [2.45, 2.75) is 17.5 Å². The third-order valence-electron chi connectivity index (χ3n) is 2.91. The Morgan fingerprint density at radius 2 is 2.20 bits per heavy atom. The van der Waals surface area contributed by atoms with Crippen LogP contribution in [0.1, 0.15) is 5.56 Å². The quantitative estimate of drug-likeness (QED) is 0.824. The van der Waals surface area contributed by atoms with Gasteiger partial charge in [0, 0.05) is 13.1 Å². The van der Waals surface area contributed by atoms with Crippen molar-refractivity contribution in [3.05, 3.63) is 28.8 Å². The molecule has 1 atom stereocenters. The van der Waals surface area contributed by atoms with Gasteiger partial charge in [-0.15, -0.1) is 0 Å². The molecular formula is C12H17ClN2O4S. The second-order valence-corrected chi connectivity index (χ2v) is 6.53. The number of ether oxygens (including phenoxy) is 2. The normalized spacial score (nSPS) is 20.0. The predicted molar refractivity (Wildman–Crippen MR) is 75.1 cm³/mol. The SMILES string of the molecule is NCc1ccc(S(=O)(=O)NCC2COCCO2)c(Cl)c1. The molecule has 1 fully saturated rings. The van der Waals surface area contributed by atoms with Crippen molar-refractivity contribution < 1.29 is 17.9 Å². The lowest BCUT2D eigenvalue weighted by Crippen LogP contribution is -2.39. The molecule has 2 rings (SSSR count). The number of halogens is 1. The summed E-state index contributed by atoms with van der Waals surface area (Å²) in [6.45, 7) is 1.84. The number of hydrogen-bond donors (Lipinski definition) is 2. The monoisotopic (exact) mass is 320 g/mol. The molecule has 112 valence electrons. The van der Waals surface area contributed by atoms with Crippen molar-refractivity contribution in [3.8, 4) is 0 Å². The van der Waals surface area contributed by atoms with Crippen LogP contribution < -0.4 is 10.5 Å². The number of hydrogen-bond acceptors (Lipinski definition) is 5. The van der Waals surface area contributed by atoms with Gasteiger partial charge in [-0.25, -0.2) is 13.1 Å². The molecule has 1 unspecified atom stereocenters. The molecule has 0 aliphatic carbocycles. The highest BCUT2D eigenvalue weighted by Gasteiger charge is 2.21. The zero-order valence-corrected chi connectivity index (χ0v) is 12.4. The standard InChI is InChI=1S/C12H17ClN2O4S/c13-11-5-9(6-14)1-2-12(11)20(16,17)15-7-10-8-18-3-4-19-10/h1-2,5,10,15H,3-4,6-8,14H2.